The first-order valence-electron chi connectivity index (χ1n) is 12.1. The van der Waals surface area contributed by atoms with E-state index in [9.17, 15) is 10.2 Å². The van der Waals surface area contributed by atoms with Crippen LogP contribution in [0.3, 0.4) is 0 Å². The zero-order chi connectivity index (χ0) is 20.3. The molecule has 29 heavy (non-hydrogen) atoms. The number of unbranched alkanes of at least 4 members (excludes halogenated alkanes) is 11. The lowest BCUT2D eigenvalue weighted by molar-refractivity contribution is -0.521. The van der Waals surface area contributed by atoms with Gasteiger partial charge in [0.25, 0.3) is 0 Å². The van der Waals surface area contributed by atoms with E-state index < -0.39 is 0 Å². The van der Waals surface area contributed by atoms with Gasteiger partial charge in [0.05, 0.1) is 13.2 Å². The molecule has 0 aliphatic carbocycles. The second-order valence-electron chi connectivity index (χ2n) is 8.17. The maximum atomic E-state index is 9.24. The van der Waals surface area contributed by atoms with Crippen molar-refractivity contribution in [3.8, 4) is 0 Å². The van der Waals surface area contributed by atoms with E-state index in [1.165, 1.54) is 89.3 Å². The van der Waals surface area contributed by atoms with Crippen LogP contribution >= 0.6 is 0 Å². The minimum Gasteiger partial charge on any atom is -1.00 e. The van der Waals surface area contributed by atoms with Crippen molar-refractivity contribution < 1.29 is 27.2 Å². The predicted octanol–water partition coefficient (Wildman–Crippen LogP) is 1.74. The van der Waals surface area contributed by atoms with Crippen molar-refractivity contribution in [3.05, 3.63) is 12.2 Å². The van der Waals surface area contributed by atoms with Gasteiger partial charge in [-0.05, 0) is 32.1 Å². The molecular weight excluding hydrogens is 384 g/mol. The Hall–Kier alpha value is -0.580. The molecule has 0 aromatic heterocycles. The quantitative estimate of drug-likeness (QED) is 0.186. The van der Waals surface area contributed by atoms with Crippen LogP contribution in [0.25, 0.3) is 0 Å². The van der Waals surface area contributed by atoms with E-state index in [1.807, 2.05) is 0 Å². The van der Waals surface area contributed by atoms with E-state index in [-0.39, 0.29) is 25.6 Å². The summed E-state index contributed by atoms with van der Waals surface area (Å²) in [6.07, 6.45) is 23.1. The summed E-state index contributed by atoms with van der Waals surface area (Å²) in [5.74, 6) is 1.33. The molecule has 0 amide bonds. The van der Waals surface area contributed by atoms with Crippen LogP contribution in [0.15, 0.2) is 12.2 Å². The minimum atomic E-state index is 0. The Morgan fingerprint density at radius 1 is 0.828 bits per heavy atom. The lowest BCUT2D eigenvalue weighted by atomic mass is 10.1. The number of hydrogen-bond donors (Lipinski definition) is 2. The lowest BCUT2D eigenvalue weighted by Gasteiger charge is -2.12. The van der Waals surface area contributed by atoms with Crippen molar-refractivity contribution in [1.82, 2.24) is 4.90 Å². The number of β-amino-alcohol motifs (C(OH)–C–C–N with tert-alkyl or cyclic N) is 2. The number of nitrogens with zero attached hydrogens (tertiary/aromatic N) is 2. The summed E-state index contributed by atoms with van der Waals surface area (Å²) in [6.45, 7) is 6.12. The van der Waals surface area contributed by atoms with E-state index in [1.54, 1.807) is 0 Å². The Morgan fingerprint density at radius 2 is 1.41 bits per heavy atom. The minimum absolute atomic E-state index is 0. The van der Waals surface area contributed by atoms with Gasteiger partial charge < -0.3 is 22.6 Å². The fourth-order valence-electron chi connectivity index (χ4n) is 4.09. The molecule has 5 heteroatoms. The zero-order valence-corrected chi connectivity index (χ0v) is 19.7. The normalized spacial score (nSPS) is 14.2. The van der Waals surface area contributed by atoms with Crippen molar-refractivity contribution >= 4 is 5.84 Å². The van der Waals surface area contributed by atoms with E-state index >= 15 is 0 Å². The smallest absolute Gasteiger partial charge is 0.247 e. The third-order valence-electron chi connectivity index (χ3n) is 5.77. The van der Waals surface area contributed by atoms with Crippen molar-refractivity contribution in [2.24, 2.45) is 0 Å². The standard InChI is InChI=1S/C24H47N2O2.ClH/c1-2-3-4-5-6-7-8-9-10-11-12-13-14-15-16-17-24-25(20-22-27)18-19-26(24)21-23-28;/h9-10,27-28H,2-8,11-23H2,1H3;1H/q+1;/p-1/b10-9+;. The molecule has 1 aliphatic heterocycles. The van der Waals surface area contributed by atoms with Crippen LogP contribution in [0.5, 0.6) is 0 Å². The van der Waals surface area contributed by atoms with E-state index in [2.05, 4.69) is 28.6 Å². The molecule has 0 atom stereocenters. The number of hydrogen-bond acceptors (Lipinski definition) is 3. The first-order chi connectivity index (χ1) is 13.8. The third kappa shape index (κ3) is 14.1. The monoisotopic (exact) mass is 430 g/mol. The van der Waals surface area contributed by atoms with Crippen molar-refractivity contribution in [2.75, 3.05) is 39.4 Å². The maximum absolute atomic E-state index is 9.24. The predicted molar refractivity (Wildman–Crippen MR) is 120 cm³/mol. The molecule has 0 radical (unpaired) electrons. The molecule has 2 N–H and O–H groups in total. The Morgan fingerprint density at radius 3 is 2.00 bits per heavy atom. The van der Waals surface area contributed by atoms with Gasteiger partial charge in [0.2, 0.25) is 5.84 Å². The molecule has 4 nitrogen and oxygen atoms in total. The highest BCUT2D eigenvalue weighted by Gasteiger charge is 2.28. The highest BCUT2D eigenvalue weighted by Crippen LogP contribution is 2.13. The molecule has 1 rings (SSSR count). The SMILES string of the molecule is CCCCCCCC/C=C/CCCCCCCC1=[N+](CCO)CCN1CCO.[Cl-]. The van der Waals surface area contributed by atoms with E-state index in [0.717, 1.165) is 32.6 Å². The van der Waals surface area contributed by atoms with Crippen molar-refractivity contribution in [3.63, 3.8) is 0 Å². The first-order valence-corrected chi connectivity index (χ1v) is 12.1. The largest absolute Gasteiger partial charge is 1.00 e. The van der Waals surface area contributed by atoms with E-state index in [0.29, 0.717) is 0 Å². The van der Waals surface area contributed by atoms with E-state index in [4.69, 9.17) is 0 Å². The summed E-state index contributed by atoms with van der Waals surface area (Å²) in [5, 5.41) is 18.5. The molecule has 172 valence electrons. The Balaban J connectivity index is 0.00000784. The second kappa shape index (κ2) is 20.7. The average Bonchev–Trinajstić information content (AvgIpc) is 3.07. The molecule has 0 spiro atoms. The number of allylic oxidation sites excluding steroid dienone is 2. The van der Waals surface area contributed by atoms with Gasteiger partial charge in [0.1, 0.15) is 26.2 Å². The molecule has 0 unspecified atom stereocenters. The molecular formula is C24H47ClN2O2. The highest BCUT2D eigenvalue weighted by molar-refractivity contribution is 5.78. The molecule has 1 aliphatic rings. The van der Waals surface area contributed by atoms with Gasteiger partial charge in [-0.25, -0.2) is 0 Å². The molecule has 0 saturated heterocycles. The number of aliphatic hydroxyl groups excluding tert-OH is 2. The van der Waals surface area contributed by atoms with Gasteiger partial charge in [-0.1, -0.05) is 70.4 Å². The average molecular weight is 431 g/mol. The first kappa shape index (κ1) is 28.4. The Labute approximate surface area is 186 Å². The number of amidine groups is 1. The number of rotatable bonds is 19. The van der Waals surface area contributed by atoms with Crippen LogP contribution < -0.4 is 12.4 Å². The summed E-state index contributed by atoms with van der Waals surface area (Å²) in [5.41, 5.74) is 0. The third-order valence-corrected chi connectivity index (χ3v) is 5.77. The molecule has 0 saturated carbocycles. The zero-order valence-electron chi connectivity index (χ0n) is 19.0. The molecule has 0 aromatic carbocycles. The van der Waals surface area contributed by atoms with Gasteiger partial charge in [-0.2, -0.15) is 0 Å². The Kier molecular flexibility index (Phi) is 20.3. The van der Waals surface area contributed by atoms with Crippen LogP contribution in [0.1, 0.15) is 96.8 Å². The lowest BCUT2D eigenvalue weighted by Crippen LogP contribution is -3.00. The van der Waals surface area contributed by atoms with Crippen LogP contribution in [-0.2, 0) is 0 Å². The fraction of sp³-hybridized carbons (Fsp3) is 0.875. The molecule has 0 bridgehead atoms. The molecule has 0 aromatic rings. The number of halogens is 1. The Bertz CT molecular complexity index is 427. The second-order valence-corrected chi connectivity index (χ2v) is 8.17. The molecule has 1 heterocycles. The topological polar surface area (TPSA) is 46.7 Å². The highest BCUT2D eigenvalue weighted by atomic mass is 35.5. The maximum Gasteiger partial charge on any atom is 0.247 e. The van der Waals surface area contributed by atoms with Gasteiger partial charge in [0.15, 0.2) is 0 Å². The van der Waals surface area contributed by atoms with Crippen LogP contribution in [0.2, 0.25) is 0 Å². The van der Waals surface area contributed by atoms with Gasteiger partial charge in [0, 0.05) is 6.42 Å². The summed E-state index contributed by atoms with van der Waals surface area (Å²) < 4.78 is 2.30. The summed E-state index contributed by atoms with van der Waals surface area (Å²) in [7, 11) is 0. The van der Waals surface area contributed by atoms with Crippen molar-refractivity contribution in [2.45, 2.75) is 96.8 Å². The van der Waals surface area contributed by atoms with Gasteiger partial charge in [-0.3, -0.25) is 9.48 Å². The fourth-order valence-corrected chi connectivity index (χ4v) is 4.09. The summed E-state index contributed by atoms with van der Waals surface area (Å²) in [4.78, 5) is 2.30. The van der Waals surface area contributed by atoms with Crippen LogP contribution in [0.4, 0.5) is 0 Å². The summed E-state index contributed by atoms with van der Waals surface area (Å²) in [6, 6.07) is 0. The number of aliphatic hydroxyl groups is 2. The van der Waals surface area contributed by atoms with Crippen LogP contribution in [0, 0.1) is 0 Å². The van der Waals surface area contributed by atoms with Crippen molar-refractivity contribution in [1.29, 1.82) is 0 Å². The van der Waals surface area contributed by atoms with Crippen LogP contribution in [-0.4, -0.2) is 64.9 Å². The van der Waals surface area contributed by atoms with Gasteiger partial charge >= 0.3 is 0 Å². The molecule has 0 fully saturated rings. The van der Waals surface area contributed by atoms with Gasteiger partial charge in [-0.15, -0.1) is 0 Å². The summed E-state index contributed by atoms with van der Waals surface area (Å²) >= 11 is 0.